The van der Waals surface area contributed by atoms with Crippen LogP contribution in [-0.2, 0) is 11.3 Å². The van der Waals surface area contributed by atoms with Crippen LogP contribution in [0.2, 0.25) is 0 Å². The summed E-state index contributed by atoms with van der Waals surface area (Å²) in [5, 5.41) is 3.13. The van der Waals surface area contributed by atoms with E-state index in [-0.39, 0.29) is 23.9 Å². The minimum absolute atomic E-state index is 0.0228. The Balaban J connectivity index is 1.59. The fourth-order valence-electron chi connectivity index (χ4n) is 4.96. The molecule has 0 spiro atoms. The van der Waals surface area contributed by atoms with Gasteiger partial charge in [-0.05, 0) is 58.1 Å². The summed E-state index contributed by atoms with van der Waals surface area (Å²) in [7, 11) is 0. The van der Waals surface area contributed by atoms with Crippen LogP contribution in [0.3, 0.4) is 0 Å². The van der Waals surface area contributed by atoms with Gasteiger partial charge in [0.2, 0.25) is 5.91 Å². The molecule has 0 aromatic carbocycles. The van der Waals surface area contributed by atoms with Crippen molar-refractivity contribution < 1.29 is 9.59 Å². The first kappa shape index (κ1) is 20.3. The van der Waals surface area contributed by atoms with Crippen molar-refractivity contribution in [3.63, 3.8) is 0 Å². The molecule has 2 amide bonds. The smallest absolute Gasteiger partial charge is 0.272 e. The number of aromatic nitrogens is 3. The van der Waals surface area contributed by atoms with Crippen molar-refractivity contribution in [2.24, 2.45) is 5.41 Å². The lowest BCUT2D eigenvalue weighted by Gasteiger charge is -2.35. The summed E-state index contributed by atoms with van der Waals surface area (Å²) >= 11 is 0. The van der Waals surface area contributed by atoms with Gasteiger partial charge in [0.15, 0.2) is 0 Å². The van der Waals surface area contributed by atoms with Gasteiger partial charge in [0.25, 0.3) is 5.91 Å². The third-order valence-corrected chi connectivity index (χ3v) is 6.41. The van der Waals surface area contributed by atoms with Gasteiger partial charge in [0.1, 0.15) is 11.5 Å². The Morgan fingerprint density at radius 1 is 1.33 bits per heavy atom. The highest BCUT2D eigenvalue weighted by molar-refractivity contribution is 5.95. The zero-order valence-electron chi connectivity index (χ0n) is 17.8. The van der Waals surface area contributed by atoms with E-state index < -0.39 is 5.41 Å². The lowest BCUT2D eigenvalue weighted by molar-refractivity contribution is -0.132. The maximum Gasteiger partial charge on any atom is 0.272 e. The summed E-state index contributed by atoms with van der Waals surface area (Å²) in [6.45, 7) is 6.37. The van der Waals surface area contributed by atoms with Crippen LogP contribution in [0.25, 0.3) is 0 Å². The second-order valence-electron chi connectivity index (χ2n) is 8.73. The van der Waals surface area contributed by atoms with Gasteiger partial charge in [-0.3, -0.25) is 14.6 Å². The van der Waals surface area contributed by atoms with E-state index >= 15 is 0 Å². The molecule has 158 valence electrons. The topological polar surface area (TPSA) is 91.0 Å². The van der Waals surface area contributed by atoms with E-state index in [4.69, 9.17) is 0 Å². The van der Waals surface area contributed by atoms with Gasteiger partial charge >= 0.3 is 0 Å². The van der Waals surface area contributed by atoms with Crippen LogP contribution in [0.1, 0.15) is 61.4 Å². The maximum atomic E-state index is 13.5. The fraction of sp³-hybridized carbons (Fsp3) is 0.478. The Hall–Kier alpha value is -2.96. The number of aryl methyl sites for hydroxylation is 1. The first-order valence-electron chi connectivity index (χ1n) is 10.6. The largest absolute Gasteiger partial charge is 0.351 e. The molecule has 0 saturated carbocycles. The molecular formula is C23H29N5O2. The molecule has 2 aliphatic rings. The van der Waals surface area contributed by atoms with Crippen LogP contribution in [0.15, 0.2) is 42.4 Å². The molecule has 7 nitrogen and oxygen atoms in total. The van der Waals surface area contributed by atoms with Crippen LogP contribution in [-0.4, -0.2) is 43.7 Å². The van der Waals surface area contributed by atoms with Gasteiger partial charge < -0.3 is 15.2 Å². The molecule has 2 aromatic heterocycles. The van der Waals surface area contributed by atoms with E-state index in [0.29, 0.717) is 25.1 Å². The van der Waals surface area contributed by atoms with Crippen molar-refractivity contribution in [1.29, 1.82) is 0 Å². The molecule has 3 atom stereocenters. The van der Waals surface area contributed by atoms with Crippen LogP contribution in [0.4, 0.5) is 0 Å². The minimum Gasteiger partial charge on any atom is -0.351 e. The van der Waals surface area contributed by atoms with E-state index in [0.717, 1.165) is 24.2 Å². The minimum atomic E-state index is -0.604. The molecule has 0 aliphatic carbocycles. The second kappa shape index (κ2) is 8.05. The molecule has 0 radical (unpaired) electrons. The highest BCUT2D eigenvalue weighted by Crippen LogP contribution is 2.52. The quantitative estimate of drug-likeness (QED) is 0.720. The molecule has 7 heteroatoms. The number of aromatic amines is 1. The molecule has 30 heavy (non-hydrogen) atoms. The third kappa shape index (κ3) is 3.64. The van der Waals surface area contributed by atoms with Gasteiger partial charge in [-0.15, -0.1) is 0 Å². The number of nitrogens with zero attached hydrogens (tertiary/aromatic N) is 3. The van der Waals surface area contributed by atoms with Crippen molar-refractivity contribution in [1.82, 2.24) is 25.2 Å². The number of allylic oxidation sites excluding steroid dienone is 2. The van der Waals surface area contributed by atoms with Gasteiger partial charge in [-0.1, -0.05) is 17.7 Å². The molecule has 2 N–H and O–H groups in total. The number of nitrogens with one attached hydrogen (secondary N) is 2. The van der Waals surface area contributed by atoms with Crippen molar-refractivity contribution in [2.45, 2.75) is 65.1 Å². The zero-order valence-corrected chi connectivity index (χ0v) is 17.8. The third-order valence-electron chi connectivity index (χ3n) is 6.41. The number of hydrogen-bond donors (Lipinski definition) is 2. The number of H-pyrrole nitrogens is 1. The molecule has 2 bridgehead atoms. The van der Waals surface area contributed by atoms with Gasteiger partial charge in [-0.2, -0.15) is 0 Å². The van der Waals surface area contributed by atoms with Crippen LogP contribution < -0.4 is 5.32 Å². The maximum absolute atomic E-state index is 13.5. The van der Waals surface area contributed by atoms with Gasteiger partial charge in [0, 0.05) is 31.0 Å². The van der Waals surface area contributed by atoms with Crippen LogP contribution in [0, 0.1) is 12.3 Å². The Labute approximate surface area is 177 Å². The summed E-state index contributed by atoms with van der Waals surface area (Å²) in [6.07, 6.45) is 10.3. The Morgan fingerprint density at radius 2 is 2.17 bits per heavy atom. The molecular weight excluding hydrogens is 378 g/mol. The van der Waals surface area contributed by atoms with Crippen LogP contribution >= 0.6 is 0 Å². The second-order valence-corrected chi connectivity index (χ2v) is 8.73. The normalized spacial score (nSPS) is 24.7. The highest BCUT2D eigenvalue weighted by Gasteiger charge is 2.60. The van der Waals surface area contributed by atoms with Crippen molar-refractivity contribution in [2.75, 3.05) is 0 Å². The Bertz CT molecular complexity index is 963. The summed E-state index contributed by atoms with van der Waals surface area (Å²) in [4.78, 5) is 40.1. The summed E-state index contributed by atoms with van der Waals surface area (Å²) in [5.74, 6) is 0.687. The van der Waals surface area contributed by atoms with Crippen molar-refractivity contribution in [3.05, 3.63) is 59.5 Å². The first-order valence-corrected chi connectivity index (χ1v) is 10.6. The zero-order chi connectivity index (χ0) is 21.3. The monoisotopic (exact) mass is 407 g/mol. The number of rotatable bonds is 6. The summed E-state index contributed by atoms with van der Waals surface area (Å²) in [6, 6.07) is 3.79. The molecule has 2 aromatic rings. The Morgan fingerprint density at radius 3 is 2.83 bits per heavy atom. The summed E-state index contributed by atoms with van der Waals surface area (Å²) < 4.78 is 0. The number of amides is 2. The van der Waals surface area contributed by atoms with E-state index in [1.807, 2.05) is 37.8 Å². The number of hydrogen-bond acceptors (Lipinski definition) is 4. The number of pyridine rings is 1. The molecule has 0 unspecified atom stereocenters. The number of carbonyl (C=O) groups is 2. The SMILES string of the molecule is CC(C)=CC[C@@]1(C(=O)NCc2cccnc2)C[C@@H]2CC[C@H]1N2C(=O)c1cnc(C)[nH]1. The van der Waals surface area contributed by atoms with E-state index in [1.54, 1.807) is 18.6 Å². The van der Waals surface area contributed by atoms with Crippen LogP contribution in [0.5, 0.6) is 0 Å². The van der Waals surface area contributed by atoms with E-state index in [1.165, 1.54) is 5.57 Å². The lowest BCUT2D eigenvalue weighted by Crippen LogP contribution is -2.49. The first-order chi connectivity index (χ1) is 14.4. The average molecular weight is 408 g/mol. The highest BCUT2D eigenvalue weighted by atomic mass is 16.2. The number of imidazole rings is 1. The molecule has 4 rings (SSSR count). The number of fused-ring (bicyclic) bond motifs is 2. The molecule has 2 fully saturated rings. The Kier molecular flexibility index (Phi) is 5.45. The predicted octanol–water partition coefficient (Wildman–Crippen LogP) is 3.15. The summed E-state index contributed by atoms with van der Waals surface area (Å²) in [5.41, 5.74) is 2.04. The standard InChI is InChI=1S/C23H29N5O2/c1-15(2)8-9-23(22(30)26-13-17-5-4-10-24-12-17)11-18-6-7-20(23)28(18)21(29)19-14-25-16(3)27-19/h4-5,8,10,12,14,18,20H,6-7,9,11,13H2,1-3H3,(H,25,27)(H,26,30)/t18-,20+,23+/m0/s1. The molecule has 2 aliphatic heterocycles. The van der Waals surface area contributed by atoms with E-state index in [9.17, 15) is 9.59 Å². The van der Waals surface area contributed by atoms with Crippen molar-refractivity contribution >= 4 is 11.8 Å². The predicted molar refractivity (Wildman–Crippen MR) is 113 cm³/mol. The molecule has 4 heterocycles. The van der Waals surface area contributed by atoms with E-state index in [2.05, 4.69) is 26.3 Å². The van der Waals surface area contributed by atoms with Gasteiger partial charge in [-0.25, -0.2) is 4.98 Å². The average Bonchev–Trinajstić information content (AvgIpc) is 3.44. The van der Waals surface area contributed by atoms with Crippen molar-refractivity contribution in [3.8, 4) is 0 Å². The lowest BCUT2D eigenvalue weighted by atomic mass is 9.70. The molecule has 2 saturated heterocycles. The number of carbonyl (C=O) groups excluding carboxylic acids is 2. The fourth-order valence-corrected chi connectivity index (χ4v) is 4.96. The van der Waals surface area contributed by atoms with Gasteiger partial charge in [0.05, 0.1) is 11.6 Å².